The zero-order valence-corrected chi connectivity index (χ0v) is 5.82. The van der Waals surface area contributed by atoms with E-state index in [9.17, 15) is 0 Å². The molecule has 0 bridgehead atoms. The normalized spacial score (nSPS) is 9.67. The van der Waals surface area contributed by atoms with E-state index < -0.39 is 13.4 Å². The third-order valence-electron chi connectivity index (χ3n) is 0. The summed E-state index contributed by atoms with van der Waals surface area (Å²) >= 11 is -5.75. The molecule has 0 rings (SSSR count). The Balaban J connectivity index is 0. The minimum Gasteiger partial charge on any atom is 2.00 e. The molecule has 0 unspecified atom stereocenters. The minimum absolute atomic E-state index is 0. The van der Waals surface area contributed by atoms with Crippen molar-refractivity contribution in [1.29, 1.82) is 0 Å². The van der Waals surface area contributed by atoms with Crippen molar-refractivity contribution < 1.29 is 37.8 Å². The van der Waals surface area contributed by atoms with Crippen molar-refractivity contribution >= 4 is 13.4 Å². The van der Waals surface area contributed by atoms with Gasteiger partial charge in [0.1, 0.15) is 0 Å². The van der Waals surface area contributed by atoms with Gasteiger partial charge in [0, 0.05) is 0 Å². The molecule has 0 saturated heterocycles. The van der Waals surface area contributed by atoms with E-state index in [1.807, 2.05) is 0 Å². The van der Waals surface area contributed by atoms with Crippen LogP contribution in [0.2, 0.25) is 0 Å². The first-order chi connectivity index (χ1) is 2.00. The monoisotopic (exact) mass is 192 g/mol. The topological polar surface area (TPSA) is 80.3 Å². The van der Waals surface area contributed by atoms with Crippen LogP contribution in [-0.2, 0) is 29.4 Å². The van der Waals surface area contributed by atoms with E-state index >= 15 is 0 Å². The van der Waals surface area contributed by atoms with E-state index in [-0.39, 0.29) is 21.7 Å². The predicted molar refractivity (Wildman–Crippen MR) is 7.13 cm³/mol. The standard InChI is InChI=1S/H2O4Se.Ti/c1-5(2,3)4;/h(H2,1,2,3,4);/q;+2/p-2. The number of hydrogen-bond acceptors (Lipinski definition) is 4. The quantitative estimate of drug-likeness (QED) is 0.382. The molecular weight excluding hydrogens is 191 g/mol. The summed E-state index contributed by atoms with van der Waals surface area (Å²) in [5, 5.41) is 0. The smallest absolute Gasteiger partial charge is 2.00 e. The maximum absolute atomic E-state index is 8.59. The van der Waals surface area contributed by atoms with E-state index in [2.05, 4.69) is 0 Å². The molecule has 0 aliphatic rings. The van der Waals surface area contributed by atoms with Gasteiger partial charge in [-0.3, -0.25) is 0 Å². The third kappa shape index (κ3) is 118. The minimum atomic E-state index is -5.75. The molecule has 0 heterocycles. The van der Waals surface area contributed by atoms with Gasteiger partial charge in [0.25, 0.3) is 0 Å². The molecule has 4 nitrogen and oxygen atoms in total. The Labute approximate surface area is 51.3 Å². The van der Waals surface area contributed by atoms with Gasteiger partial charge in [-0.1, -0.05) is 0 Å². The first kappa shape index (κ1) is 9.89. The molecule has 34 valence electrons. The van der Waals surface area contributed by atoms with Gasteiger partial charge in [-0.2, -0.15) is 0 Å². The first-order valence-corrected chi connectivity index (χ1v) is 3.46. The van der Waals surface area contributed by atoms with Crippen LogP contribution in [0.3, 0.4) is 0 Å². The van der Waals surface area contributed by atoms with E-state index in [4.69, 9.17) is 16.0 Å². The average molecular weight is 191 g/mol. The molecule has 6 heteroatoms. The van der Waals surface area contributed by atoms with Crippen molar-refractivity contribution in [2.24, 2.45) is 0 Å². The van der Waals surface area contributed by atoms with Crippen LogP contribution < -0.4 is 8.38 Å². The summed E-state index contributed by atoms with van der Waals surface area (Å²) in [5.74, 6) is 0. The van der Waals surface area contributed by atoms with Crippen molar-refractivity contribution in [2.75, 3.05) is 0 Å². The van der Waals surface area contributed by atoms with Gasteiger partial charge in [-0.25, -0.2) is 0 Å². The van der Waals surface area contributed by atoms with Crippen molar-refractivity contribution in [3.05, 3.63) is 0 Å². The second-order valence-corrected chi connectivity index (χ2v) is 2.12. The van der Waals surface area contributed by atoms with Crippen LogP contribution in [0.25, 0.3) is 0 Å². The summed E-state index contributed by atoms with van der Waals surface area (Å²) in [5.41, 5.74) is 0. The summed E-state index contributed by atoms with van der Waals surface area (Å²) in [6, 6.07) is 0. The summed E-state index contributed by atoms with van der Waals surface area (Å²) < 4.78 is 34.4. The van der Waals surface area contributed by atoms with Crippen LogP contribution >= 0.6 is 0 Å². The van der Waals surface area contributed by atoms with Crippen LogP contribution in [0.15, 0.2) is 0 Å². The van der Waals surface area contributed by atoms with Crippen molar-refractivity contribution in [3.8, 4) is 0 Å². The maximum atomic E-state index is 8.59. The molecule has 0 amide bonds. The fraction of sp³-hybridized carbons (Fsp3) is 0. The van der Waals surface area contributed by atoms with Crippen LogP contribution in [0.5, 0.6) is 0 Å². The van der Waals surface area contributed by atoms with Crippen molar-refractivity contribution in [2.45, 2.75) is 0 Å². The zero-order valence-electron chi connectivity index (χ0n) is 2.54. The van der Waals surface area contributed by atoms with E-state index in [1.165, 1.54) is 0 Å². The molecule has 0 aromatic carbocycles. The fourth-order valence-corrected chi connectivity index (χ4v) is 0. The van der Waals surface area contributed by atoms with Crippen LogP contribution in [0.1, 0.15) is 0 Å². The van der Waals surface area contributed by atoms with E-state index in [1.54, 1.807) is 0 Å². The molecule has 0 saturated carbocycles. The Kier molecular flexibility index (Phi) is 4.70. The SMILES string of the molecule is O=[Se](=O)([O-])[O-].[Ti+2]. The third-order valence-corrected chi connectivity index (χ3v) is 0. The molecule has 0 aromatic heterocycles. The van der Waals surface area contributed by atoms with Crippen LogP contribution in [0, 0.1) is 0 Å². The van der Waals surface area contributed by atoms with Gasteiger partial charge in [0.05, 0.1) is 0 Å². The summed E-state index contributed by atoms with van der Waals surface area (Å²) in [6.45, 7) is 0. The second kappa shape index (κ2) is 2.85. The van der Waals surface area contributed by atoms with Gasteiger partial charge in [0.15, 0.2) is 0 Å². The van der Waals surface area contributed by atoms with E-state index in [0.29, 0.717) is 0 Å². The molecule has 0 fully saturated rings. The predicted octanol–water partition coefficient (Wildman–Crippen LogP) is -3.00. The van der Waals surface area contributed by atoms with E-state index in [0.717, 1.165) is 0 Å². The average Bonchev–Trinajstić information content (AvgIpc) is 0.722. The Hall–Kier alpha value is 0.754. The molecule has 0 spiro atoms. The van der Waals surface area contributed by atoms with Gasteiger partial charge < -0.3 is 0 Å². The van der Waals surface area contributed by atoms with Gasteiger partial charge in [-0.15, -0.1) is 0 Å². The second-order valence-electron chi connectivity index (χ2n) is 0.408. The Bertz CT molecular complexity index is 90.7. The first-order valence-electron chi connectivity index (χ1n) is 0.667. The van der Waals surface area contributed by atoms with Gasteiger partial charge in [0.2, 0.25) is 0 Å². The van der Waals surface area contributed by atoms with Crippen LogP contribution in [-0.4, -0.2) is 13.4 Å². The van der Waals surface area contributed by atoms with Crippen LogP contribution in [0.4, 0.5) is 0 Å². The molecule has 0 atom stereocenters. The molecule has 0 radical (unpaired) electrons. The Morgan fingerprint density at radius 2 is 1.17 bits per heavy atom. The fourth-order valence-electron chi connectivity index (χ4n) is 0. The number of hydrogen-bond donors (Lipinski definition) is 0. The molecule has 0 aliphatic heterocycles. The summed E-state index contributed by atoms with van der Waals surface area (Å²) in [4.78, 5) is 0. The summed E-state index contributed by atoms with van der Waals surface area (Å²) in [7, 11) is 0. The molecule has 0 aromatic rings. The number of rotatable bonds is 0. The van der Waals surface area contributed by atoms with Gasteiger partial charge >= 0.3 is 51.1 Å². The zero-order chi connectivity index (χ0) is 4.50. The molecule has 0 N–H and O–H groups in total. The maximum Gasteiger partial charge on any atom is 2.00 e. The Morgan fingerprint density at radius 3 is 1.17 bits per heavy atom. The largest absolute Gasteiger partial charge is 2.00 e. The van der Waals surface area contributed by atoms with Crippen molar-refractivity contribution in [3.63, 3.8) is 0 Å². The van der Waals surface area contributed by atoms with Crippen molar-refractivity contribution in [1.82, 2.24) is 0 Å². The molecule has 6 heavy (non-hydrogen) atoms. The molecular formula is O4SeTi. The Morgan fingerprint density at radius 1 is 1.17 bits per heavy atom. The molecule has 0 aliphatic carbocycles. The summed E-state index contributed by atoms with van der Waals surface area (Å²) in [6.07, 6.45) is 0. The van der Waals surface area contributed by atoms with Gasteiger partial charge in [-0.05, 0) is 0 Å².